The molecular weight excluding hydrogens is 248 g/mol. The predicted molar refractivity (Wildman–Crippen MR) is 81.0 cm³/mol. The number of rotatable bonds is 4. The minimum absolute atomic E-state index is 0.00731. The molecule has 0 unspecified atom stereocenters. The highest BCUT2D eigenvalue weighted by atomic mass is 16.5. The molecule has 0 aromatic heterocycles. The minimum Gasteiger partial charge on any atom is -0.489 e. The van der Waals surface area contributed by atoms with Crippen molar-refractivity contribution in [2.24, 2.45) is 5.41 Å². The van der Waals surface area contributed by atoms with Crippen molar-refractivity contribution in [2.75, 3.05) is 0 Å². The molecule has 0 aliphatic heterocycles. The van der Waals surface area contributed by atoms with Gasteiger partial charge in [0.2, 0.25) is 0 Å². The molecule has 0 saturated heterocycles. The lowest BCUT2D eigenvalue weighted by Gasteiger charge is -2.16. The fourth-order valence-corrected chi connectivity index (χ4v) is 1.83. The van der Waals surface area contributed by atoms with E-state index in [1.165, 1.54) is 0 Å². The molecular formula is C18H20O2. The van der Waals surface area contributed by atoms with Crippen LogP contribution in [-0.4, -0.2) is 5.78 Å². The van der Waals surface area contributed by atoms with Gasteiger partial charge in [-0.1, -0.05) is 51.1 Å². The summed E-state index contributed by atoms with van der Waals surface area (Å²) in [6.45, 7) is 4.18. The number of ether oxygens (including phenoxy) is 1. The third kappa shape index (κ3) is 3.70. The van der Waals surface area contributed by atoms with Gasteiger partial charge in [0.1, 0.15) is 12.4 Å². The Bertz CT molecular complexity index is 588. The fourth-order valence-electron chi connectivity index (χ4n) is 1.83. The maximum absolute atomic E-state index is 12.2. The molecule has 0 radical (unpaired) electrons. The first-order chi connectivity index (χ1) is 10.0. The summed E-state index contributed by atoms with van der Waals surface area (Å²) in [5, 5.41) is 0. The normalized spacial score (nSPS) is 11.8. The van der Waals surface area contributed by atoms with Gasteiger partial charge in [-0.25, -0.2) is 0 Å². The van der Waals surface area contributed by atoms with Gasteiger partial charge in [-0.2, -0.15) is 0 Å². The van der Waals surface area contributed by atoms with Crippen molar-refractivity contribution in [3.05, 3.63) is 65.7 Å². The van der Waals surface area contributed by atoms with Crippen molar-refractivity contribution >= 4 is 5.78 Å². The molecule has 20 heavy (non-hydrogen) atoms. The van der Waals surface area contributed by atoms with E-state index in [2.05, 4.69) is 0 Å². The zero-order valence-corrected chi connectivity index (χ0v) is 11.9. The number of ketones is 1. The van der Waals surface area contributed by atoms with Crippen LogP contribution in [0.1, 0.15) is 38.0 Å². The summed E-state index contributed by atoms with van der Waals surface area (Å²) in [6.07, 6.45) is 0. The lowest BCUT2D eigenvalue weighted by molar-refractivity contribution is 0.0858. The molecule has 0 N–H and O–H groups in total. The zero-order chi connectivity index (χ0) is 15.3. The van der Waals surface area contributed by atoms with E-state index >= 15 is 0 Å². The van der Waals surface area contributed by atoms with Crippen LogP contribution in [-0.2, 0) is 6.61 Å². The Labute approximate surface area is 121 Å². The molecule has 104 valence electrons. The van der Waals surface area contributed by atoms with Gasteiger partial charge in [0.25, 0.3) is 0 Å². The minimum atomic E-state index is -0.646. The van der Waals surface area contributed by atoms with Crippen LogP contribution in [0, 0.1) is 5.41 Å². The van der Waals surface area contributed by atoms with Gasteiger partial charge in [0, 0.05) is 12.3 Å². The highest BCUT2D eigenvalue weighted by molar-refractivity contribution is 5.99. The Kier molecular flexibility index (Phi) is 3.82. The average Bonchev–Trinajstić information content (AvgIpc) is 2.53. The number of hydrogen-bond donors (Lipinski definition) is 0. The second kappa shape index (κ2) is 5.91. The molecule has 0 aliphatic carbocycles. The molecule has 0 amide bonds. The summed E-state index contributed by atoms with van der Waals surface area (Å²) in [7, 11) is 0. The second-order valence-electron chi connectivity index (χ2n) is 5.51. The van der Waals surface area contributed by atoms with Crippen molar-refractivity contribution < 1.29 is 10.9 Å². The molecule has 0 bridgehead atoms. The highest BCUT2D eigenvalue weighted by Gasteiger charge is 2.22. The smallest absolute Gasteiger partial charge is 0.168 e. The highest BCUT2D eigenvalue weighted by Crippen LogP contribution is 2.22. The van der Waals surface area contributed by atoms with Crippen LogP contribution in [0.25, 0.3) is 0 Å². The van der Waals surface area contributed by atoms with Crippen LogP contribution in [0.3, 0.4) is 0 Å². The number of carbonyl (C=O) groups is 1. The maximum atomic E-state index is 12.2. The third-order valence-electron chi connectivity index (χ3n) is 2.98. The first-order valence-electron chi connectivity index (χ1n) is 7.34. The monoisotopic (exact) mass is 269 g/mol. The summed E-state index contributed by atoms with van der Waals surface area (Å²) >= 11 is 0. The summed E-state index contributed by atoms with van der Waals surface area (Å²) in [4.78, 5) is 12.2. The summed E-state index contributed by atoms with van der Waals surface area (Å²) in [5.74, 6) is 0.728. The number of benzene rings is 2. The van der Waals surface area contributed by atoms with E-state index in [-0.39, 0.29) is 12.7 Å². The molecule has 2 aromatic rings. The van der Waals surface area contributed by atoms with E-state index < -0.39 is 5.41 Å². The fraction of sp³-hybridized carbons (Fsp3) is 0.278. The molecule has 0 fully saturated rings. The van der Waals surface area contributed by atoms with E-state index in [4.69, 9.17) is 6.11 Å². The van der Waals surface area contributed by atoms with E-state index in [0.29, 0.717) is 12.2 Å². The van der Waals surface area contributed by atoms with Crippen LogP contribution in [0.2, 0.25) is 0 Å². The predicted octanol–water partition coefficient (Wildman–Crippen LogP) is 4.49. The molecule has 0 aliphatic rings. The molecule has 2 rings (SSSR count). The van der Waals surface area contributed by atoms with Crippen molar-refractivity contribution in [3.8, 4) is 5.75 Å². The standard InChI is InChI=1S/C18H20O2/c1-18(2,3)17(19)15-9-11-16(12-10-15)20-13-14-7-5-4-6-8-14/h4-12H,13H2,1-3H3/i1D. The first-order valence-corrected chi connectivity index (χ1v) is 6.64. The van der Waals surface area contributed by atoms with E-state index in [0.717, 1.165) is 11.3 Å². The van der Waals surface area contributed by atoms with Crippen molar-refractivity contribution in [2.45, 2.75) is 27.4 Å². The van der Waals surface area contributed by atoms with Crippen LogP contribution in [0.5, 0.6) is 5.75 Å². The largest absolute Gasteiger partial charge is 0.489 e. The molecule has 0 atom stereocenters. The van der Waals surface area contributed by atoms with Gasteiger partial charge in [-0.05, 0) is 29.8 Å². The Hall–Kier alpha value is -2.09. The van der Waals surface area contributed by atoms with Crippen molar-refractivity contribution in [1.82, 2.24) is 0 Å². The van der Waals surface area contributed by atoms with Gasteiger partial charge >= 0.3 is 0 Å². The molecule has 0 spiro atoms. The lowest BCUT2D eigenvalue weighted by atomic mass is 9.86. The number of Topliss-reactive ketones (excluding diaryl/α,β-unsaturated/α-hetero) is 1. The Morgan fingerprint density at radius 3 is 2.35 bits per heavy atom. The molecule has 0 heterocycles. The molecule has 2 heteroatoms. The molecule has 2 aromatic carbocycles. The van der Waals surface area contributed by atoms with Crippen LogP contribution < -0.4 is 4.74 Å². The van der Waals surface area contributed by atoms with Crippen molar-refractivity contribution in [1.29, 1.82) is 0 Å². The number of hydrogen-bond acceptors (Lipinski definition) is 2. The third-order valence-corrected chi connectivity index (χ3v) is 2.98. The average molecular weight is 269 g/mol. The summed E-state index contributed by atoms with van der Waals surface area (Å²) in [5.41, 5.74) is 1.08. The van der Waals surface area contributed by atoms with Crippen LogP contribution in [0.15, 0.2) is 54.6 Å². The topological polar surface area (TPSA) is 26.3 Å². The van der Waals surface area contributed by atoms with Gasteiger partial charge in [0.05, 0.1) is 0 Å². The Morgan fingerprint density at radius 2 is 1.75 bits per heavy atom. The first kappa shape index (κ1) is 12.9. The Balaban J connectivity index is 2.01. The van der Waals surface area contributed by atoms with Gasteiger partial charge in [-0.3, -0.25) is 4.79 Å². The zero-order valence-electron chi connectivity index (χ0n) is 12.9. The van der Waals surface area contributed by atoms with E-state index in [9.17, 15) is 4.79 Å². The van der Waals surface area contributed by atoms with Gasteiger partial charge in [-0.15, -0.1) is 0 Å². The maximum Gasteiger partial charge on any atom is 0.168 e. The van der Waals surface area contributed by atoms with Gasteiger partial charge in [0.15, 0.2) is 5.78 Å². The van der Waals surface area contributed by atoms with Crippen LogP contribution in [0.4, 0.5) is 0 Å². The quantitative estimate of drug-likeness (QED) is 0.764. The summed E-state index contributed by atoms with van der Waals surface area (Å²) in [6, 6.07) is 17.1. The lowest BCUT2D eigenvalue weighted by Crippen LogP contribution is -2.19. The van der Waals surface area contributed by atoms with Gasteiger partial charge < -0.3 is 4.74 Å². The number of carbonyl (C=O) groups excluding carboxylic acids is 1. The van der Waals surface area contributed by atoms with E-state index in [1.54, 1.807) is 38.1 Å². The SMILES string of the molecule is [2H]CC(C)(C)C(=O)c1ccc(OCc2ccccc2)cc1. The van der Waals surface area contributed by atoms with E-state index in [1.807, 2.05) is 30.3 Å². The Morgan fingerprint density at radius 1 is 1.10 bits per heavy atom. The molecule has 0 saturated carbocycles. The molecule has 2 nitrogen and oxygen atoms in total. The summed E-state index contributed by atoms with van der Waals surface area (Å²) < 4.78 is 13.1. The van der Waals surface area contributed by atoms with Crippen LogP contribution >= 0.6 is 0 Å². The van der Waals surface area contributed by atoms with Crippen molar-refractivity contribution in [3.63, 3.8) is 0 Å². The second-order valence-corrected chi connectivity index (χ2v) is 5.51.